The van der Waals surface area contributed by atoms with E-state index in [0.717, 1.165) is 0 Å². The van der Waals surface area contributed by atoms with Crippen molar-refractivity contribution in [3.05, 3.63) is 60.2 Å². The van der Waals surface area contributed by atoms with Gasteiger partial charge in [-0.15, -0.1) is 0 Å². The quantitative estimate of drug-likeness (QED) is 0.636. The van der Waals surface area contributed by atoms with Gasteiger partial charge in [0.2, 0.25) is 3.79 Å². The molecule has 0 bridgehead atoms. The van der Waals surface area contributed by atoms with Crippen LogP contribution in [0.2, 0.25) is 0 Å². The van der Waals surface area contributed by atoms with E-state index < -0.39 is 28.0 Å². The molecule has 6 nitrogen and oxygen atoms in total. The molecule has 0 aliphatic rings. The number of carbonyl (C=O) groups is 2. The lowest BCUT2D eigenvalue weighted by atomic mass is 9.92. The zero-order valence-corrected chi connectivity index (χ0v) is 16.4. The van der Waals surface area contributed by atoms with Crippen molar-refractivity contribution in [1.82, 2.24) is 5.32 Å². The molecule has 0 fully saturated rings. The molecule has 0 aliphatic heterocycles. The van der Waals surface area contributed by atoms with E-state index in [1.54, 1.807) is 30.3 Å². The second-order valence-corrected chi connectivity index (χ2v) is 8.21. The Bertz CT molecular complexity index is 810. The van der Waals surface area contributed by atoms with Crippen LogP contribution in [0.3, 0.4) is 0 Å². The molecular formula is C18H16Cl3NO5. The summed E-state index contributed by atoms with van der Waals surface area (Å²) < 4.78 is 8.66. The van der Waals surface area contributed by atoms with Crippen molar-refractivity contribution in [2.45, 2.75) is 16.3 Å². The molecule has 0 aliphatic carbocycles. The molecule has 2 N–H and O–H groups in total. The fraction of sp³-hybridized carbons (Fsp3) is 0.222. The molecule has 9 heteroatoms. The van der Waals surface area contributed by atoms with E-state index in [1.165, 1.54) is 13.0 Å². The highest BCUT2D eigenvalue weighted by molar-refractivity contribution is 6.67. The van der Waals surface area contributed by atoms with E-state index in [2.05, 4.69) is 5.32 Å². The van der Waals surface area contributed by atoms with Crippen LogP contribution in [-0.2, 0) is 15.1 Å². The molecule has 0 unspecified atom stereocenters. The van der Waals surface area contributed by atoms with Gasteiger partial charge in [-0.1, -0.05) is 65.1 Å². The van der Waals surface area contributed by atoms with E-state index in [1.807, 2.05) is 18.2 Å². The average Bonchev–Trinajstić information content (AvgIpc) is 2.60. The van der Waals surface area contributed by atoms with Crippen LogP contribution in [0.25, 0.3) is 0 Å². The summed E-state index contributed by atoms with van der Waals surface area (Å²) in [6, 6.07) is 15.3. The number of carboxylic acids is 1. The number of alkyl halides is 3. The van der Waals surface area contributed by atoms with Gasteiger partial charge in [0.1, 0.15) is 18.1 Å². The maximum absolute atomic E-state index is 12.0. The Morgan fingerprint density at radius 1 is 1.04 bits per heavy atom. The summed E-state index contributed by atoms with van der Waals surface area (Å²) in [7, 11) is 0. The molecular weight excluding hydrogens is 417 g/mol. The van der Waals surface area contributed by atoms with Crippen LogP contribution in [0.4, 0.5) is 4.79 Å². The van der Waals surface area contributed by atoms with Gasteiger partial charge in [0, 0.05) is 0 Å². The van der Waals surface area contributed by atoms with Gasteiger partial charge in [-0.3, -0.25) is 0 Å². The monoisotopic (exact) mass is 431 g/mol. The predicted molar refractivity (Wildman–Crippen MR) is 103 cm³/mol. The van der Waals surface area contributed by atoms with Gasteiger partial charge in [-0.2, -0.15) is 0 Å². The number of hydrogen-bond donors (Lipinski definition) is 2. The highest BCUT2D eigenvalue weighted by Crippen LogP contribution is 2.29. The minimum atomic E-state index is -1.81. The summed E-state index contributed by atoms with van der Waals surface area (Å²) in [5, 5.41) is 11.9. The summed E-state index contributed by atoms with van der Waals surface area (Å²) >= 11 is 16.6. The lowest BCUT2D eigenvalue weighted by molar-refractivity contribution is -0.144. The zero-order valence-electron chi connectivity index (χ0n) is 14.1. The number of rotatable bonds is 6. The number of nitrogens with one attached hydrogen (secondary N) is 1. The third-order valence-electron chi connectivity index (χ3n) is 3.54. The number of carboxylic acid groups (broad SMARTS) is 1. The number of ether oxygens (including phenoxy) is 2. The lowest BCUT2D eigenvalue weighted by Crippen LogP contribution is -2.50. The molecule has 0 saturated carbocycles. The minimum Gasteiger partial charge on any atom is -0.479 e. The summed E-state index contributed by atoms with van der Waals surface area (Å²) in [5.74, 6) is -0.311. The number of amides is 1. The van der Waals surface area contributed by atoms with Gasteiger partial charge in [0.15, 0.2) is 5.54 Å². The Labute approximate surface area is 170 Å². The van der Waals surface area contributed by atoms with Crippen molar-refractivity contribution in [3.8, 4) is 11.5 Å². The van der Waals surface area contributed by atoms with Crippen LogP contribution in [0.5, 0.6) is 11.5 Å². The van der Waals surface area contributed by atoms with Crippen LogP contribution in [0.15, 0.2) is 54.6 Å². The fourth-order valence-electron chi connectivity index (χ4n) is 2.13. The third kappa shape index (κ3) is 6.20. The maximum atomic E-state index is 12.0. The number of hydrogen-bond acceptors (Lipinski definition) is 4. The Morgan fingerprint density at radius 2 is 1.67 bits per heavy atom. The molecule has 0 aromatic heterocycles. The van der Waals surface area contributed by atoms with Crippen molar-refractivity contribution in [2.75, 3.05) is 6.61 Å². The van der Waals surface area contributed by atoms with E-state index in [0.29, 0.717) is 11.5 Å². The van der Waals surface area contributed by atoms with Crippen molar-refractivity contribution in [1.29, 1.82) is 0 Å². The van der Waals surface area contributed by atoms with Gasteiger partial charge in [0.05, 0.1) is 0 Å². The number of aliphatic carboxylic acids is 1. The van der Waals surface area contributed by atoms with Crippen LogP contribution in [0.1, 0.15) is 12.5 Å². The fourth-order valence-corrected chi connectivity index (χ4v) is 2.30. The van der Waals surface area contributed by atoms with Gasteiger partial charge in [-0.05, 0) is 36.8 Å². The Morgan fingerprint density at radius 3 is 2.26 bits per heavy atom. The largest absolute Gasteiger partial charge is 0.479 e. The molecule has 1 atom stereocenters. The summed E-state index contributed by atoms with van der Waals surface area (Å²) in [5.41, 5.74) is -1.52. The van der Waals surface area contributed by atoms with Crippen molar-refractivity contribution in [2.24, 2.45) is 0 Å². The van der Waals surface area contributed by atoms with Crippen molar-refractivity contribution < 1.29 is 24.2 Å². The highest BCUT2D eigenvalue weighted by atomic mass is 35.6. The Balaban J connectivity index is 2.21. The Hall–Kier alpha value is -2.15. The molecule has 27 heavy (non-hydrogen) atoms. The first-order chi connectivity index (χ1) is 12.6. The van der Waals surface area contributed by atoms with Gasteiger partial charge in [0.25, 0.3) is 0 Å². The molecule has 1 amide bonds. The molecule has 2 aromatic rings. The number of para-hydroxylation sites is 1. The highest BCUT2D eigenvalue weighted by Gasteiger charge is 2.38. The normalized spacial score (nSPS) is 13.3. The molecule has 2 aromatic carbocycles. The second-order valence-electron chi connectivity index (χ2n) is 5.69. The summed E-state index contributed by atoms with van der Waals surface area (Å²) in [6.07, 6.45) is -1.04. The zero-order chi connectivity index (χ0) is 20.1. The molecule has 144 valence electrons. The van der Waals surface area contributed by atoms with Crippen LogP contribution < -0.4 is 10.1 Å². The lowest BCUT2D eigenvalue weighted by Gasteiger charge is -2.27. The maximum Gasteiger partial charge on any atom is 0.408 e. The minimum absolute atomic E-state index is 0.272. The average molecular weight is 433 g/mol. The first-order valence-electron chi connectivity index (χ1n) is 7.69. The molecule has 0 saturated heterocycles. The summed E-state index contributed by atoms with van der Waals surface area (Å²) in [6.45, 7) is 0.782. The van der Waals surface area contributed by atoms with E-state index in [-0.39, 0.29) is 5.56 Å². The standard InChI is InChI=1S/C18H16Cl3NO5/c1-17(15(23)24,22-16(25)26-11-18(19,20)21)12-6-5-9-14(10-12)27-13-7-3-2-4-8-13/h2-10H,11H2,1H3,(H,22,25)(H,23,24)/t17-/m0/s1. The number of carbonyl (C=O) groups excluding carboxylic acids is 1. The van der Waals surface area contributed by atoms with Crippen LogP contribution in [0, 0.1) is 0 Å². The van der Waals surface area contributed by atoms with Gasteiger partial charge >= 0.3 is 12.1 Å². The first-order valence-corrected chi connectivity index (χ1v) is 8.82. The van der Waals surface area contributed by atoms with E-state index in [9.17, 15) is 14.7 Å². The molecule has 0 radical (unpaired) electrons. The number of halogens is 3. The Kier molecular flexibility index (Phi) is 6.81. The van der Waals surface area contributed by atoms with Crippen LogP contribution in [-0.4, -0.2) is 27.6 Å². The smallest absolute Gasteiger partial charge is 0.408 e. The van der Waals surface area contributed by atoms with Crippen molar-refractivity contribution >= 4 is 46.9 Å². The second kappa shape index (κ2) is 8.69. The topological polar surface area (TPSA) is 84.9 Å². The van der Waals surface area contributed by atoms with Crippen LogP contribution >= 0.6 is 34.8 Å². The SMILES string of the molecule is C[C@@](NC(=O)OCC(Cl)(Cl)Cl)(C(=O)O)c1cccc(Oc2ccccc2)c1. The van der Waals surface area contributed by atoms with E-state index in [4.69, 9.17) is 44.3 Å². The third-order valence-corrected chi connectivity index (χ3v) is 3.86. The first kappa shape index (κ1) is 21.2. The van der Waals surface area contributed by atoms with Crippen molar-refractivity contribution in [3.63, 3.8) is 0 Å². The van der Waals surface area contributed by atoms with Gasteiger partial charge in [-0.25, -0.2) is 9.59 Å². The molecule has 0 heterocycles. The van der Waals surface area contributed by atoms with E-state index >= 15 is 0 Å². The molecule has 0 spiro atoms. The molecule has 2 rings (SSSR count). The van der Waals surface area contributed by atoms with Gasteiger partial charge < -0.3 is 19.9 Å². The number of benzene rings is 2. The summed E-state index contributed by atoms with van der Waals surface area (Å²) in [4.78, 5) is 23.8. The predicted octanol–water partition coefficient (Wildman–Crippen LogP) is 4.88. The number of alkyl carbamates (subject to hydrolysis) is 1.